The Morgan fingerprint density at radius 2 is 2.19 bits per heavy atom. The number of benzene rings is 1. The first-order valence-corrected chi connectivity index (χ1v) is 6.34. The Morgan fingerprint density at radius 3 is 2.75 bits per heavy atom. The lowest BCUT2D eigenvalue weighted by molar-refractivity contribution is 0.274. The van der Waals surface area contributed by atoms with Crippen molar-refractivity contribution in [3.63, 3.8) is 0 Å². The molecular formula is C11H13BrClFO2. The summed E-state index contributed by atoms with van der Waals surface area (Å²) in [4.78, 5) is 0. The third-order valence-corrected chi connectivity index (χ3v) is 2.90. The zero-order valence-corrected chi connectivity index (χ0v) is 11.3. The van der Waals surface area contributed by atoms with Crippen LogP contribution in [0, 0.1) is 0 Å². The second-order valence-corrected chi connectivity index (χ2v) is 4.10. The highest BCUT2D eigenvalue weighted by Crippen LogP contribution is 2.36. The molecular weight excluding hydrogens is 298 g/mol. The van der Waals surface area contributed by atoms with Crippen LogP contribution >= 0.6 is 27.5 Å². The van der Waals surface area contributed by atoms with E-state index in [4.69, 9.17) is 21.1 Å². The van der Waals surface area contributed by atoms with E-state index in [1.54, 1.807) is 13.2 Å². The summed E-state index contributed by atoms with van der Waals surface area (Å²) in [5, 5.41) is 1.17. The van der Waals surface area contributed by atoms with Gasteiger partial charge in [0.25, 0.3) is 0 Å². The number of methoxy groups -OCH3 is 1. The lowest BCUT2D eigenvalue weighted by Gasteiger charge is -2.13. The molecule has 0 saturated carbocycles. The predicted octanol–water partition coefficient (Wildman–Crippen LogP) is 3.98. The van der Waals surface area contributed by atoms with Crippen LogP contribution in [0.25, 0.3) is 0 Å². The first kappa shape index (κ1) is 13.6. The summed E-state index contributed by atoms with van der Waals surface area (Å²) in [6, 6.07) is 3.63. The van der Waals surface area contributed by atoms with E-state index >= 15 is 0 Å². The van der Waals surface area contributed by atoms with Crippen molar-refractivity contribution in [3.05, 3.63) is 22.7 Å². The Kier molecular flexibility index (Phi) is 5.91. The van der Waals surface area contributed by atoms with Gasteiger partial charge in [-0.1, -0.05) is 27.5 Å². The molecule has 0 fully saturated rings. The summed E-state index contributed by atoms with van der Waals surface area (Å²) in [5.74, 6) is 1.04. The maximum atomic E-state index is 11.9. The molecule has 0 aliphatic heterocycles. The highest BCUT2D eigenvalue weighted by molar-refractivity contribution is 9.08. The molecule has 0 radical (unpaired) electrons. The fraction of sp³-hybridized carbons (Fsp3) is 0.455. The zero-order valence-electron chi connectivity index (χ0n) is 8.93. The highest BCUT2D eigenvalue weighted by atomic mass is 79.9. The SMILES string of the molecule is COc1cc(CBr)cc(Cl)c1OCCCF. The predicted molar refractivity (Wildman–Crippen MR) is 66.7 cm³/mol. The third kappa shape index (κ3) is 3.52. The van der Waals surface area contributed by atoms with Crippen LogP contribution in [0.3, 0.4) is 0 Å². The first-order valence-electron chi connectivity index (χ1n) is 4.84. The van der Waals surface area contributed by atoms with Gasteiger partial charge in [-0.15, -0.1) is 0 Å². The van der Waals surface area contributed by atoms with Crippen LogP contribution < -0.4 is 9.47 Å². The van der Waals surface area contributed by atoms with Crippen molar-refractivity contribution < 1.29 is 13.9 Å². The van der Waals surface area contributed by atoms with Gasteiger partial charge in [0, 0.05) is 11.8 Å². The number of rotatable bonds is 6. The summed E-state index contributed by atoms with van der Waals surface area (Å²) in [6.45, 7) is -0.111. The van der Waals surface area contributed by atoms with Gasteiger partial charge in [-0.2, -0.15) is 0 Å². The maximum absolute atomic E-state index is 11.9. The Bertz CT molecular complexity index is 347. The van der Waals surface area contributed by atoms with Crippen LogP contribution in [0.4, 0.5) is 4.39 Å². The van der Waals surface area contributed by atoms with E-state index < -0.39 is 6.67 Å². The van der Waals surface area contributed by atoms with Gasteiger partial charge in [-0.05, 0) is 17.7 Å². The minimum atomic E-state index is -0.403. The standard InChI is InChI=1S/C11H13BrClFO2/c1-15-10-6-8(7-12)5-9(13)11(10)16-4-2-3-14/h5-6H,2-4,7H2,1H3. The Morgan fingerprint density at radius 1 is 1.44 bits per heavy atom. The van der Waals surface area contributed by atoms with Gasteiger partial charge in [0.1, 0.15) is 0 Å². The molecule has 1 aromatic rings. The quantitative estimate of drug-likeness (QED) is 0.584. The van der Waals surface area contributed by atoms with Crippen LogP contribution in [0.1, 0.15) is 12.0 Å². The molecule has 0 bridgehead atoms. The van der Waals surface area contributed by atoms with Crippen molar-refractivity contribution in [2.24, 2.45) is 0 Å². The minimum Gasteiger partial charge on any atom is -0.493 e. The molecule has 5 heteroatoms. The Balaban J connectivity index is 2.88. The van der Waals surface area contributed by atoms with Gasteiger partial charge in [0.2, 0.25) is 0 Å². The molecule has 2 nitrogen and oxygen atoms in total. The van der Waals surface area contributed by atoms with Crippen molar-refractivity contribution in [2.45, 2.75) is 11.8 Å². The summed E-state index contributed by atoms with van der Waals surface area (Å²) in [5.41, 5.74) is 1.000. The number of halogens is 3. The molecule has 0 heterocycles. The second kappa shape index (κ2) is 6.97. The van der Waals surface area contributed by atoms with E-state index in [0.29, 0.717) is 34.9 Å². The summed E-state index contributed by atoms with van der Waals surface area (Å²) in [6.07, 6.45) is 0.347. The number of hydrogen-bond donors (Lipinski definition) is 0. The molecule has 0 saturated heterocycles. The minimum absolute atomic E-state index is 0.292. The van der Waals surface area contributed by atoms with Crippen molar-refractivity contribution >= 4 is 27.5 Å². The molecule has 0 aromatic heterocycles. The average Bonchev–Trinajstić information content (AvgIpc) is 2.30. The van der Waals surface area contributed by atoms with Crippen molar-refractivity contribution in [3.8, 4) is 11.5 Å². The lowest BCUT2D eigenvalue weighted by atomic mass is 10.2. The van der Waals surface area contributed by atoms with Crippen LogP contribution in [0.15, 0.2) is 12.1 Å². The molecule has 0 aliphatic carbocycles. The average molecular weight is 312 g/mol. The smallest absolute Gasteiger partial charge is 0.179 e. The van der Waals surface area contributed by atoms with E-state index in [1.165, 1.54) is 0 Å². The molecule has 0 atom stereocenters. The molecule has 1 aromatic carbocycles. The molecule has 0 unspecified atom stereocenters. The summed E-state index contributed by atoms with van der Waals surface area (Å²) in [7, 11) is 1.55. The van der Waals surface area contributed by atoms with Crippen molar-refractivity contribution in [1.29, 1.82) is 0 Å². The topological polar surface area (TPSA) is 18.5 Å². The lowest BCUT2D eigenvalue weighted by Crippen LogP contribution is -2.01. The van der Waals surface area contributed by atoms with E-state index in [1.807, 2.05) is 6.07 Å². The van der Waals surface area contributed by atoms with Crippen molar-refractivity contribution in [2.75, 3.05) is 20.4 Å². The zero-order chi connectivity index (χ0) is 12.0. The van der Waals surface area contributed by atoms with Gasteiger partial charge in [-0.25, -0.2) is 0 Å². The molecule has 1 rings (SSSR count). The molecule has 0 N–H and O–H groups in total. The number of hydrogen-bond acceptors (Lipinski definition) is 2. The molecule has 16 heavy (non-hydrogen) atoms. The van der Waals surface area contributed by atoms with E-state index in [2.05, 4.69) is 15.9 Å². The Hall–Kier alpha value is -0.480. The molecule has 0 spiro atoms. The number of ether oxygens (including phenoxy) is 2. The van der Waals surface area contributed by atoms with E-state index in [0.717, 1.165) is 5.56 Å². The van der Waals surface area contributed by atoms with E-state index in [-0.39, 0.29) is 0 Å². The van der Waals surface area contributed by atoms with Crippen molar-refractivity contribution in [1.82, 2.24) is 0 Å². The first-order chi connectivity index (χ1) is 7.72. The largest absolute Gasteiger partial charge is 0.493 e. The second-order valence-electron chi connectivity index (χ2n) is 3.13. The fourth-order valence-corrected chi connectivity index (χ4v) is 1.83. The summed E-state index contributed by atoms with van der Waals surface area (Å²) >= 11 is 9.39. The van der Waals surface area contributed by atoms with Gasteiger partial charge >= 0.3 is 0 Å². The Labute approximate surface area is 108 Å². The number of alkyl halides is 2. The molecule has 0 aliphatic rings. The highest BCUT2D eigenvalue weighted by Gasteiger charge is 2.11. The van der Waals surface area contributed by atoms with Crippen LogP contribution in [0.2, 0.25) is 5.02 Å². The van der Waals surface area contributed by atoms with Crippen LogP contribution in [-0.4, -0.2) is 20.4 Å². The maximum Gasteiger partial charge on any atom is 0.179 e. The molecule has 0 amide bonds. The molecule has 90 valence electrons. The summed E-state index contributed by atoms with van der Waals surface area (Å²) < 4.78 is 22.5. The third-order valence-electron chi connectivity index (χ3n) is 1.97. The van der Waals surface area contributed by atoms with Gasteiger partial charge in [-0.3, -0.25) is 4.39 Å². The van der Waals surface area contributed by atoms with Gasteiger partial charge < -0.3 is 9.47 Å². The monoisotopic (exact) mass is 310 g/mol. The van der Waals surface area contributed by atoms with Gasteiger partial charge in [0.05, 0.1) is 25.4 Å². The normalized spacial score (nSPS) is 10.2. The van der Waals surface area contributed by atoms with Crippen LogP contribution in [0.5, 0.6) is 11.5 Å². The fourth-order valence-electron chi connectivity index (χ4n) is 1.22. The van der Waals surface area contributed by atoms with Crippen LogP contribution in [-0.2, 0) is 5.33 Å². The van der Waals surface area contributed by atoms with E-state index in [9.17, 15) is 4.39 Å². The van der Waals surface area contributed by atoms with Gasteiger partial charge in [0.15, 0.2) is 11.5 Å².